The molecule has 2 fully saturated rings. The van der Waals surface area contributed by atoms with Crippen LogP contribution in [-0.2, 0) is 20.9 Å². The number of carbonyl (C=O) groups excluding carboxylic acids is 2. The fourth-order valence-corrected chi connectivity index (χ4v) is 7.26. The van der Waals surface area contributed by atoms with Gasteiger partial charge in [-0.25, -0.2) is 0 Å². The van der Waals surface area contributed by atoms with E-state index < -0.39 is 11.0 Å². The van der Waals surface area contributed by atoms with E-state index in [9.17, 15) is 14.7 Å². The van der Waals surface area contributed by atoms with Crippen molar-refractivity contribution in [3.05, 3.63) is 53.1 Å². The Labute approximate surface area is 195 Å². The summed E-state index contributed by atoms with van der Waals surface area (Å²) in [5.41, 5.74) is -0.531. The molecule has 5 heteroatoms. The maximum absolute atomic E-state index is 14.1. The van der Waals surface area contributed by atoms with Crippen LogP contribution in [0.2, 0.25) is 0 Å². The third kappa shape index (κ3) is 3.05. The van der Waals surface area contributed by atoms with Crippen LogP contribution in [0.15, 0.2) is 47.6 Å². The molecule has 5 nitrogen and oxygen atoms in total. The summed E-state index contributed by atoms with van der Waals surface area (Å²) in [6, 6.07) is 7.69. The van der Waals surface area contributed by atoms with E-state index in [0.29, 0.717) is 24.5 Å². The molecule has 1 aromatic rings. The van der Waals surface area contributed by atoms with Crippen molar-refractivity contribution in [2.75, 3.05) is 13.7 Å². The van der Waals surface area contributed by atoms with Gasteiger partial charge in [-0.3, -0.25) is 9.59 Å². The summed E-state index contributed by atoms with van der Waals surface area (Å²) in [6.45, 7) is 8.96. The molecule has 0 amide bonds. The highest BCUT2D eigenvalue weighted by Gasteiger charge is 2.73. The molecule has 6 atom stereocenters. The molecular formula is C28H34O5. The predicted octanol–water partition coefficient (Wildman–Crippen LogP) is 4.29. The smallest absolute Gasteiger partial charge is 0.195 e. The zero-order valence-electron chi connectivity index (χ0n) is 20.2. The molecule has 0 radical (unpaired) electrons. The zero-order chi connectivity index (χ0) is 23.8. The Morgan fingerprint density at radius 1 is 1.09 bits per heavy atom. The van der Waals surface area contributed by atoms with Crippen molar-refractivity contribution in [1.82, 2.24) is 0 Å². The van der Waals surface area contributed by atoms with Gasteiger partial charge in [0.2, 0.25) is 0 Å². The quantitative estimate of drug-likeness (QED) is 0.678. The first-order valence-corrected chi connectivity index (χ1v) is 12.0. The molecule has 0 aliphatic heterocycles. The Kier molecular flexibility index (Phi) is 5.04. The summed E-state index contributed by atoms with van der Waals surface area (Å²) in [5.74, 6) is 0.907. The number of aliphatic hydroxyl groups is 1. The van der Waals surface area contributed by atoms with Crippen molar-refractivity contribution in [3.63, 3.8) is 0 Å². The Morgan fingerprint density at radius 3 is 2.45 bits per heavy atom. The Hall–Kier alpha value is -2.24. The maximum Gasteiger partial charge on any atom is 0.195 e. The van der Waals surface area contributed by atoms with Gasteiger partial charge in [0.15, 0.2) is 17.2 Å². The number of ketones is 2. The molecule has 0 aromatic heterocycles. The minimum atomic E-state index is -1.82. The number of Topliss-reactive ketones (excluding diaryl/α,β-unsaturated/α-hetero) is 2. The summed E-state index contributed by atoms with van der Waals surface area (Å²) >= 11 is 0. The van der Waals surface area contributed by atoms with Crippen molar-refractivity contribution < 1.29 is 24.2 Å². The number of rotatable bonds is 5. The van der Waals surface area contributed by atoms with Gasteiger partial charge in [-0.2, -0.15) is 0 Å². The standard InChI is InChI=1S/C28H34O5/c1-16-12-27-17(2)10-22-23(26(22,3)4)21(25(27)30)11-19(13-28(27,31)24(16)29)15-33-14-18-6-8-20(32-5)9-7-18/h6-9,12-13,17,21-23,31H,10-11,14-15H2,1-5H3/t17-,21+,22-,23+,27+,28+/m1/s1. The van der Waals surface area contributed by atoms with Crippen molar-refractivity contribution in [2.45, 2.75) is 52.7 Å². The average molecular weight is 451 g/mol. The van der Waals surface area contributed by atoms with Crippen LogP contribution in [0.5, 0.6) is 5.75 Å². The minimum absolute atomic E-state index is 0.0437. The zero-order valence-corrected chi connectivity index (χ0v) is 20.2. The second kappa shape index (κ2) is 7.38. The fourth-order valence-electron chi connectivity index (χ4n) is 7.26. The van der Waals surface area contributed by atoms with Crippen LogP contribution < -0.4 is 4.74 Å². The minimum Gasteiger partial charge on any atom is -0.497 e. The van der Waals surface area contributed by atoms with Crippen LogP contribution >= 0.6 is 0 Å². The Morgan fingerprint density at radius 2 is 1.79 bits per heavy atom. The van der Waals surface area contributed by atoms with Crippen LogP contribution in [0.25, 0.3) is 0 Å². The lowest BCUT2D eigenvalue weighted by Crippen LogP contribution is -2.56. The molecule has 1 N–H and O–H groups in total. The molecule has 0 unspecified atom stereocenters. The van der Waals surface area contributed by atoms with Gasteiger partial charge in [-0.15, -0.1) is 0 Å². The van der Waals surface area contributed by atoms with Gasteiger partial charge >= 0.3 is 0 Å². The number of ether oxygens (including phenoxy) is 2. The number of fused-ring (bicyclic) bond motifs is 3. The number of hydrogen-bond donors (Lipinski definition) is 1. The van der Waals surface area contributed by atoms with E-state index in [4.69, 9.17) is 9.47 Å². The molecule has 0 saturated heterocycles. The van der Waals surface area contributed by atoms with Crippen LogP contribution in [0.3, 0.4) is 0 Å². The molecule has 4 aliphatic carbocycles. The molecular weight excluding hydrogens is 416 g/mol. The third-order valence-electron chi connectivity index (χ3n) is 9.09. The van der Waals surface area contributed by atoms with Gasteiger partial charge in [0.1, 0.15) is 5.75 Å². The summed E-state index contributed by atoms with van der Waals surface area (Å²) in [5, 5.41) is 11.9. The normalized spacial score (nSPS) is 38.5. The number of benzene rings is 1. The van der Waals surface area contributed by atoms with E-state index >= 15 is 0 Å². The fraction of sp³-hybridized carbons (Fsp3) is 0.571. The Balaban J connectivity index is 1.47. The molecule has 2 saturated carbocycles. The number of hydrogen-bond acceptors (Lipinski definition) is 5. The summed E-state index contributed by atoms with van der Waals surface area (Å²) in [6.07, 6.45) is 4.88. The SMILES string of the molecule is COc1ccc(COCC2=C[C@]3(O)C(=O)C(C)=C[C@]34C(=O)[C@@H](C2)[C@H]2[C@@H](C[C@H]4C)C2(C)C)cc1. The van der Waals surface area contributed by atoms with E-state index in [0.717, 1.165) is 23.3 Å². The lowest BCUT2D eigenvalue weighted by Gasteiger charge is -2.42. The lowest BCUT2D eigenvalue weighted by molar-refractivity contribution is -0.153. The van der Waals surface area contributed by atoms with Gasteiger partial charge in [0.25, 0.3) is 0 Å². The van der Waals surface area contributed by atoms with Crippen molar-refractivity contribution in [1.29, 1.82) is 0 Å². The molecule has 33 heavy (non-hydrogen) atoms. The van der Waals surface area contributed by atoms with Crippen molar-refractivity contribution >= 4 is 11.6 Å². The Bertz CT molecular complexity index is 1060. The largest absolute Gasteiger partial charge is 0.497 e. The van der Waals surface area contributed by atoms with Gasteiger partial charge in [0.05, 0.1) is 25.7 Å². The third-order valence-corrected chi connectivity index (χ3v) is 9.09. The number of carbonyl (C=O) groups is 2. The molecule has 2 bridgehead atoms. The van der Waals surface area contributed by atoms with Crippen LogP contribution in [0, 0.1) is 34.5 Å². The van der Waals surface area contributed by atoms with Crippen molar-refractivity contribution in [2.24, 2.45) is 34.5 Å². The molecule has 176 valence electrons. The van der Waals surface area contributed by atoms with Crippen LogP contribution in [0.4, 0.5) is 0 Å². The van der Waals surface area contributed by atoms with Gasteiger partial charge in [0, 0.05) is 5.92 Å². The second-order valence-corrected chi connectivity index (χ2v) is 11.2. The van der Waals surface area contributed by atoms with Crippen LogP contribution in [-0.4, -0.2) is 36.0 Å². The van der Waals surface area contributed by atoms with E-state index in [-0.39, 0.29) is 41.3 Å². The second-order valence-electron chi connectivity index (χ2n) is 11.2. The van der Waals surface area contributed by atoms with Crippen molar-refractivity contribution in [3.8, 4) is 5.75 Å². The molecule has 0 heterocycles. The van der Waals surface area contributed by atoms with E-state index in [1.807, 2.05) is 31.2 Å². The first-order chi connectivity index (χ1) is 15.6. The van der Waals surface area contributed by atoms with E-state index in [1.54, 1.807) is 26.2 Å². The lowest BCUT2D eigenvalue weighted by atomic mass is 9.61. The van der Waals surface area contributed by atoms with E-state index in [2.05, 4.69) is 13.8 Å². The highest BCUT2D eigenvalue weighted by atomic mass is 16.5. The van der Waals surface area contributed by atoms with Gasteiger partial charge in [-0.1, -0.05) is 39.0 Å². The maximum atomic E-state index is 14.1. The average Bonchev–Trinajstić information content (AvgIpc) is 3.30. The first-order valence-electron chi connectivity index (χ1n) is 12.0. The predicted molar refractivity (Wildman–Crippen MR) is 125 cm³/mol. The molecule has 4 aliphatic rings. The van der Waals surface area contributed by atoms with Gasteiger partial charge in [-0.05, 0) is 77.9 Å². The molecule has 1 spiro atoms. The highest BCUT2D eigenvalue weighted by Crippen LogP contribution is 2.71. The first kappa shape index (κ1) is 22.5. The molecule has 5 rings (SSSR count). The monoisotopic (exact) mass is 450 g/mol. The number of methoxy groups -OCH3 is 1. The van der Waals surface area contributed by atoms with Crippen LogP contribution in [0.1, 0.15) is 46.1 Å². The van der Waals surface area contributed by atoms with Gasteiger partial charge < -0.3 is 14.6 Å². The summed E-state index contributed by atoms with van der Waals surface area (Å²) in [7, 11) is 1.63. The topological polar surface area (TPSA) is 72.8 Å². The van der Waals surface area contributed by atoms with E-state index in [1.165, 1.54) is 0 Å². The summed E-state index contributed by atoms with van der Waals surface area (Å²) in [4.78, 5) is 27.4. The summed E-state index contributed by atoms with van der Waals surface area (Å²) < 4.78 is 11.2. The highest BCUT2D eigenvalue weighted by molar-refractivity contribution is 6.13. The molecule has 1 aromatic carbocycles.